The Morgan fingerprint density at radius 1 is 0.897 bits per heavy atom. The summed E-state index contributed by atoms with van der Waals surface area (Å²) in [6, 6.07) is 35.8. The van der Waals surface area contributed by atoms with Crippen molar-refractivity contribution >= 4 is 46.0 Å². The molecule has 0 bridgehead atoms. The molecule has 0 unspecified atom stereocenters. The first kappa shape index (κ1) is 24.7. The van der Waals surface area contributed by atoms with Gasteiger partial charge in [0.2, 0.25) is 0 Å². The molecule has 2 aliphatic rings. The highest BCUT2D eigenvalue weighted by Gasteiger charge is 2.30. The van der Waals surface area contributed by atoms with Crippen LogP contribution in [0.3, 0.4) is 0 Å². The molecule has 0 saturated heterocycles. The van der Waals surface area contributed by atoms with Gasteiger partial charge in [0, 0.05) is 19.2 Å². The van der Waals surface area contributed by atoms with Crippen LogP contribution in [0, 0.1) is 0 Å². The summed E-state index contributed by atoms with van der Waals surface area (Å²) in [7, 11) is 1.85. The monoisotopic (exact) mass is 530 g/mol. The molecule has 1 amide bonds. The Hall–Kier alpha value is -4.62. The van der Waals surface area contributed by atoms with Crippen LogP contribution in [0.25, 0.3) is 6.08 Å². The number of anilines is 2. The Balaban J connectivity index is 1.23. The van der Waals surface area contributed by atoms with Gasteiger partial charge in [-0.05, 0) is 70.9 Å². The van der Waals surface area contributed by atoms with Crippen LogP contribution < -0.4 is 9.91 Å². The Bertz CT molecular complexity index is 1580. The van der Waals surface area contributed by atoms with Gasteiger partial charge >= 0.3 is 0 Å². The van der Waals surface area contributed by atoms with E-state index in [0.29, 0.717) is 10.1 Å². The number of aromatic hydroxyl groups is 1. The van der Waals surface area contributed by atoms with Crippen LogP contribution in [-0.2, 0) is 4.79 Å². The van der Waals surface area contributed by atoms with E-state index in [2.05, 4.69) is 46.4 Å². The smallest absolute Gasteiger partial charge is 0.286 e. The van der Waals surface area contributed by atoms with Gasteiger partial charge in [0.25, 0.3) is 5.91 Å². The minimum atomic E-state index is -0.259. The maximum atomic E-state index is 12.7. The van der Waals surface area contributed by atoms with Crippen LogP contribution in [0.15, 0.2) is 124 Å². The van der Waals surface area contributed by atoms with Crippen molar-refractivity contribution < 1.29 is 9.90 Å². The number of thioether (sulfide) groups is 1. The van der Waals surface area contributed by atoms with Gasteiger partial charge in [0.05, 0.1) is 22.3 Å². The highest BCUT2D eigenvalue weighted by Crippen LogP contribution is 2.37. The summed E-state index contributed by atoms with van der Waals surface area (Å²) >= 11 is 1.34. The van der Waals surface area contributed by atoms with Crippen molar-refractivity contribution in [2.75, 3.05) is 17.0 Å². The zero-order chi connectivity index (χ0) is 26.8. The summed E-state index contributed by atoms with van der Waals surface area (Å²) < 4.78 is 0. The standard InChI is InChI=1S/C32H26N4O2S/c1-35(25-16-18-27(37)19-17-25)32-33-31(38)30(39-32)20-22-12-14-26(15-13-22)36-29(24-10-6-3-7-11-24)21-28(34-36)23-8-4-2-5-9-23/h2-20,29,37H,21H2,1H3/b30-20-/t29-/m1/s1. The summed E-state index contributed by atoms with van der Waals surface area (Å²) in [6.45, 7) is 0. The van der Waals surface area contributed by atoms with Gasteiger partial charge in [-0.3, -0.25) is 9.80 Å². The zero-order valence-electron chi connectivity index (χ0n) is 21.3. The van der Waals surface area contributed by atoms with Crippen LogP contribution in [0.5, 0.6) is 5.75 Å². The highest BCUT2D eigenvalue weighted by molar-refractivity contribution is 8.18. The average Bonchev–Trinajstić information content (AvgIpc) is 3.59. The normalized spacial score (nSPS) is 17.9. The van der Waals surface area contributed by atoms with E-state index in [0.717, 1.165) is 34.6 Å². The third kappa shape index (κ3) is 5.22. The Labute approximate surface area is 231 Å². The number of amides is 1. The molecular weight excluding hydrogens is 504 g/mol. The molecule has 2 heterocycles. The van der Waals surface area contributed by atoms with Crippen molar-refractivity contribution in [3.8, 4) is 5.75 Å². The number of hydrogen-bond donors (Lipinski definition) is 1. The fraction of sp³-hybridized carbons (Fsp3) is 0.0938. The molecule has 4 aromatic carbocycles. The molecule has 6 rings (SSSR count). The number of carbonyl (C=O) groups excluding carboxylic acids is 1. The van der Waals surface area contributed by atoms with Crippen molar-refractivity contribution in [2.45, 2.75) is 12.5 Å². The molecular formula is C32H26N4O2S. The molecule has 0 spiro atoms. The lowest BCUT2D eigenvalue weighted by Gasteiger charge is -2.24. The summed E-state index contributed by atoms with van der Waals surface area (Å²) in [5.74, 6) is -0.0650. The van der Waals surface area contributed by atoms with Gasteiger partial charge in [-0.2, -0.15) is 10.1 Å². The third-order valence-electron chi connectivity index (χ3n) is 6.79. The SMILES string of the molecule is CN(C1=NC(=O)/C(=C/c2ccc(N3N=C(c4ccccc4)C[C@@H]3c3ccccc3)cc2)S1)c1ccc(O)cc1. The maximum absolute atomic E-state index is 12.7. The maximum Gasteiger partial charge on any atom is 0.286 e. The van der Waals surface area contributed by atoms with E-state index in [1.54, 1.807) is 24.3 Å². The number of carbonyl (C=O) groups is 1. The second-order valence-electron chi connectivity index (χ2n) is 9.37. The second-order valence-corrected chi connectivity index (χ2v) is 10.4. The van der Waals surface area contributed by atoms with E-state index in [1.165, 1.54) is 17.3 Å². The Morgan fingerprint density at radius 2 is 1.56 bits per heavy atom. The quantitative estimate of drug-likeness (QED) is 0.286. The molecule has 0 aliphatic carbocycles. The number of hydrazone groups is 1. The van der Waals surface area contributed by atoms with E-state index >= 15 is 0 Å². The fourth-order valence-electron chi connectivity index (χ4n) is 4.69. The topological polar surface area (TPSA) is 68.5 Å². The molecule has 0 fully saturated rings. The molecule has 1 N–H and O–H groups in total. The molecule has 39 heavy (non-hydrogen) atoms. The van der Waals surface area contributed by atoms with E-state index in [-0.39, 0.29) is 17.7 Å². The van der Waals surface area contributed by atoms with Gasteiger partial charge < -0.3 is 10.0 Å². The number of phenolic OH excluding ortho intramolecular Hbond substituents is 1. The number of amidine groups is 1. The molecule has 4 aromatic rings. The predicted molar refractivity (Wildman–Crippen MR) is 160 cm³/mol. The predicted octanol–water partition coefficient (Wildman–Crippen LogP) is 6.85. The molecule has 0 saturated carbocycles. The number of phenols is 1. The number of hydrogen-bond acceptors (Lipinski definition) is 6. The first-order valence-corrected chi connectivity index (χ1v) is 13.5. The Kier molecular flexibility index (Phi) is 6.73. The lowest BCUT2D eigenvalue weighted by Crippen LogP contribution is -2.21. The highest BCUT2D eigenvalue weighted by atomic mass is 32.2. The largest absolute Gasteiger partial charge is 0.508 e. The van der Waals surface area contributed by atoms with Crippen molar-refractivity contribution in [1.29, 1.82) is 0 Å². The summed E-state index contributed by atoms with van der Waals surface area (Å²) in [5.41, 5.74) is 6.16. The number of rotatable bonds is 5. The first-order chi connectivity index (χ1) is 19.0. The molecule has 2 aliphatic heterocycles. The van der Waals surface area contributed by atoms with E-state index in [4.69, 9.17) is 5.10 Å². The number of aliphatic imine (C=N–C) groups is 1. The molecule has 0 radical (unpaired) electrons. The van der Waals surface area contributed by atoms with Crippen LogP contribution in [0.2, 0.25) is 0 Å². The lowest BCUT2D eigenvalue weighted by atomic mass is 9.98. The Morgan fingerprint density at radius 3 is 2.26 bits per heavy atom. The molecule has 1 atom stereocenters. The van der Waals surface area contributed by atoms with Crippen molar-refractivity contribution in [3.63, 3.8) is 0 Å². The van der Waals surface area contributed by atoms with Crippen molar-refractivity contribution in [1.82, 2.24) is 0 Å². The van der Waals surface area contributed by atoms with Gasteiger partial charge in [-0.1, -0.05) is 72.8 Å². The number of benzene rings is 4. The zero-order valence-corrected chi connectivity index (χ0v) is 22.1. The second kappa shape index (κ2) is 10.6. The minimum Gasteiger partial charge on any atom is -0.508 e. The molecule has 7 heteroatoms. The van der Waals surface area contributed by atoms with Crippen LogP contribution in [0.1, 0.15) is 29.2 Å². The van der Waals surface area contributed by atoms with Gasteiger partial charge in [0.1, 0.15) is 5.75 Å². The van der Waals surface area contributed by atoms with Gasteiger partial charge in [-0.15, -0.1) is 0 Å². The van der Waals surface area contributed by atoms with Crippen LogP contribution in [0.4, 0.5) is 11.4 Å². The van der Waals surface area contributed by atoms with Crippen molar-refractivity contribution in [2.24, 2.45) is 10.1 Å². The van der Waals surface area contributed by atoms with Crippen LogP contribution in [-0.4, -0.2) is 28.9 Å². The van der Waals surface area contributed by atoms with Gasteiger partial charge in [0.15, 0.2) is 5.17 Å². The summed E-state index contributed by atoms with van der Waals surface area (Å²) in [5, 5.41) is 17.3. The minimum absolute atomic E-state index is 0.101. The first-order valence-electron chi connectivity index (χ1n) is 12.7. The van der Waals surface area contributed by atoms with Gasteiger partial charge in [-0.25, -0.2) is 0 Å². The molecule has 6 nitrogen and oxygen atoms in total. The van der Waals surface area contributed by atoms with E-state index in [9.17, 15) is 9.90 Å². The van der Waals surface area contributed by atoms with E-state index < -0.39 is 0 Å². The van der Waals surface area contributed by atoms with Crippen molar-refractivity contribution in [3.05, 3.63) is 131 Å². The average molecular weight is 531 g/mol. The third-order valence-corrected chi connectivity index (χ3v) is 7.85. The number of nitrogens with zero attached hydrogens (tertiary/aromatic N) is 4. The molecule has 0 aromatic heterocycles. The summed E-state index contributed by atoms with van der Waals surface area (Å²) in [6.07, 6.45) is 2.69. The molecule has 192 valence electrons. The summed E-state index contributed by atoms with van der Waals surface area (Å²) in [4.78, 5) is 19.3. The van der Waals surface area contributed by atoms with Crippen LogP contribution >= 0.6 is 11.8 Å². The van der Waals surface area contributed by atoms with E-state index in [1.807, 2.05) is 66.6 Å². The lowest BCUT2D eigenvalue weighted by molar-refractivity contribution is -0.113. The fourth-order valence-corrected chi connectivity index (χ4v) is 5.59.